The van der Waals surface area contributed by atoms with Crippen molar-refractivity contribution < 1.29 is 18.5 Å². The summed E-state index contributed by atoms with van der Waals surface area (Å²) in [4.78, 5) is 6.86. The van der Waals surface area contributed by atoms with Crippen molar-refractivity contribution in [3.8, 4) is 0 Å². The maximum atomic E-state index is 12.3. The second-order valence-corrected chi connectivity index (χ2v) is 5.29. The summed E-state index contributed by atoms with van der Waals surface area (Å²) in [5, 5.41) is 0. The summed E-state index contributed by atoms with van der Waals surface area (Å²) in [6, 6.07) is 0.0268. The molecule has 0 radical (unpaired) electrons. The smallest absolute Gasteiger partial charge is 0.296 e. The van der Waals surface area contributed by atoms with Crippen LogP contribution in [0.1, 0.15) is 20.3 Å². The Kier molecular flexibility index (Phi) is 3.28. The van der Waals surface area contributed by atoms with E-state index in [1.54, 1.807) is 13.8 Å². The number of fused-ring (bicyclic) bond motifs is 2. The average Bonchev–Trinajstić information content (AvgIpc) is 2.79. The van der Waals surface area contributed by atoms with Gasteiger partial charge in [-0.1, -0.05) is 17.0 Å². The molecule has 0 saturated carbocycles. The molecule has 2 aliphatic rings. The van der Waals surface area contributed by atoms with Crippen LogP contribution in [0, 0.1) is 0 Å². The summed E-state index contributed by atoms with van der Waals surface area (Å²) < 4.78 is 22.7. The van der Waals surface area contributed by atoms with Gasteiger partial charge in [-0.3, -0.25) is 13.9 Å². The summed E-state index contributed by atoms with van der Waals surface area (Å²) in [7, 11) is -3.25. The molecule has 0 N–H and O–H groups in total. The molecular formula is C9H16NO4P. The highest BCUT2D eigenvalue weighted by molar-refractivity contribution is 7.51. The normalized spacial score (nSPS) is 30.3. The van der Waals surface area contributed by atoms with Crippen LogP contribution in [0.15, 0.2) is 12.2 Å². The van der Waals surface area contributed by atoms with E-state index in [-0.39, 0.29) is 12.1 Å². The molecule has 0 aromatic rings. The molecule has 0 aromatic carbocycles. The Hall–Kier alpha value is -0.190. The topological polar surface area (TPSA) is 48.0 Å². The third kappa shape index (κ3) is 2.03. The lowest BCUT2D eigenvalue weighted by Crippen LogP contribution is -2.27. The molecule has 0 spiro atoms. The van der Waals surface area contributed by atoms with Gasteiger partial charge in [0.15, 0.2) is 0 Å². The van der Waals surface area contributed by atoms with E-state index in [0.29, 0.717) is 13.2 Å². The van der Waals surface area contributed by atoms with E-state index in [2.05, 4.69) is 0 Å². The predicted molar refractivity (Wildman–Crippen MR) is 55.1 cm³/mol. The fourth-order valence-electron chi connectivity index (χ4n) is 1.82. The highest BCUT2D eigenvalue weighted by atomic mass is 31.2. The van der Waals surface area contributed by atoms with Crippen molar-refractivity contribution in [1.82, 2.24) is 4.83 Å². The van der Waals surface area contributed by atoms with Gasteiger partial charge in [-0.15, -0.1) is 0 Å². The van der Waals surface area contributed by atoms with E-state index >= 15 is 0 Å². The number of hydrogen-bond donors (Lipinski definition) is 0. The molecule has 86 valence electrons. The van der Waals surface area contributed by atoms with Crippen LogP contribution < -0.4 is 0 Å². The zero-order valence-electron chi connectivity index (χ0n) is 8.96. The number of hydroxylamine groups is 1. The quantitative estimate of drug-likeness (QED) is 0.537. The first-order chi connectivity index (χ1) is 7.19. The standard InChI is InChI=1S/C9H16NO4P/c1-3-12-15(11,13-4-2)10-8-5-6-9(7-8)14-10/h5-6,8-9H,3-4,7H2,1-2H3. The van der Waals surface area contributed by atoms with Crippen molar-refractivity contribution >= 4 is 7.75 Å². The first-order valence-electron chi connectivity index (χ1n) is 5.23. The molecule has 1 aliphatic heterocycles. The molecule has 2 bridgehead atoms. The van der Waals surface area contributed by atoms with Gasteiger partial charge in [0.05, 0.1) is 19.3 Å². The van der Waals surface area contributed by atoms with E-state index in [4.69, 9.17) is 13.9 Å². The van der Waals surface area contributed by atoms with Gasteiger partial charge in [0.25, 0.3) is 0 Å². The van der Waals surface area contributed by atoms with Crippen molar-refractivity contribution in [2.45, 2.75) is 32.4 Å². The van der Waals surface area contributed by atoms with Crippen LogP contribution in [0.3, 0.4) is 0 Å². The van der Waals surface area contributed by atoms with Gasteiger partial charge >= 0.3 is 7.75 Å². The maximum Gasteiger partial charge on any atom is 0.431 e. The predicted octanol–water partition coefficient (Wildman–Crippen LogP) is 2.11. The van der Waals surface area contributed by atoms with Crippen LogP contribution in [-0.4, -0.2) is 30.2 Å². The zero-order chi connectivity index (χ0) is 10.9. The fourth-order valence-corrected chi connectivity index (χ4v) is 3.55. The van der Waals surface area contributed by atoms with Gasteiger partial charge in [-0.25, -0.2) is 4.57 Å². The molecule has 2 unspecified atom stereocenters. The van der Waals surface area contributed by atoms with E-state index in [1.807, 2.05) is 12.2 Å². The Morgan fingerprint density at radius 3 is 2.47 bits per heavy atom. The number of hydrogen-bond acceptors (Lipinski definition) is 4. The summed E-state index contributed by atoms with van der Waals surface area (Å²) >= 11 is 0. The Bertz CT molecular complexity index is 296. The number of rotatable bonds is 5. The minimum Gasteiger partial charge on any atom is -0.296 e. The molecule has 0 aromatic heterocycles. The van der Waals surface area contributed by atoms with Crippen LogP contribution in [-0.2, 0) is 18.5 Å². The van der Waals surface area contributed by atoms with Crippen LogP contribution >= 0.6 is 7.75 Å². The Morgan fingerprint density at radius 1 is 1.40 bits per heavy atom. The summed E-state index contributed by atoms with van der Waals surface area (Å²) in [6.07, 6.45) is 4.83. The SMILES string of the molecule is CCOP(=O)(OCC)N1OC2C=CC1C2. The van der Waals surface area contributed by atoms with E-state index in [0.717, 1.165) is 6.42 Å². The molecule has 1 saturated heterocycles. The molecule has 6 heteroatoms. The lowest BCUT2D eigenvalue weighted by Gasteiger charge is -2.29. The third-order valence-electron chi connectivity index (χ3n) is 2.37. The third-order valence-corrected chi connectivity index (χ3v) is 4.42. The number of nitrogens with zero attached hydrogens (tertiary/aromatic N) is 1. The van der Waals surface area contributed by atoms with Gasteiger partial charge in [-0.05, 0) is 13.8 Å². The van der Waals surface area contributed by atoms with Crippen molar-refractivity contribution in [2.75, 3.05) is 13.2 Å². The summed E-state index contributed by atoms with van der Waals surface area (Å²) in [6.45, 7) is 4.27. The van der Waals surface area contributed by atoms with Crippen molar-refractivity contribution in [1.29, 1.82) is 0 Å². The molecule has 15 heavy (non-hydrogen) atoms. The van der Waals surface area contributed by atoms with Crippen molar-refractivity contribution in [2.24, 2.45) is 0 Å². The summed E-state index contributed by atoms with van der Waals surface area (Å²) in [5.74, 6) is 0. The summed E-state index contributed by atoms with van der Waals surface area (Å²) in [5.41, 5.74) is 0. The van der Waals surface area contributed by atoms with Gasteiger partial charge in [-0.2, -0.15) is 0 Å². The van der Waals surface area contributed by atoms with E-state index in [1.165, 1.54) is 4.83 Å². The molecule has 1 heterocycles. The fraction of sp³-hybridized carbons (Fsp3) is 0.778. The highest BCUT2D eigenvalue weighted by Gasteiger charge is 2.47. The van der Waals surface area contributed by atoms with Crippen LogP contribution in [0.5, 0.6) is 0 Å². The lowest BCUT2D eigenvalue weighted by molar-refractivity contribution is -0.102. The Balaban J connectivity index is 2.12. The van der Waals surface area contributed by atoms with Crippen molar-refractivity contribution in [3.05, 3.63) is 12.2 Å². The van der Waals surface area contributed by atoms with Gasteiger partial charge in [0.2, 0.25) is 0 Å². The maximum absolute atomic E-state index is 12.3. The molecule has 1 aliphatic carbocycles. The van der Waals surface area contributed by atoms with Gasteiger partial charge < -0.3 is 0 Å². The molecular weight excluding hydrogens is 217 g/mol. The Labute approximate surface area is 89.5 Å². The van der Waals surface area contributed by atoms with Crippen LogP contribution in [0.2, 0.25) is 0 Å². The lowest BCUT2D eigenvalue weighted by atomic mass is 10.3. The van der Waals surface area contributed by atoms with Crippen LogP contribution in [0.4, 0.5) is 0 Å². The highest BCUT2D eigenvalue weighted by Crippen LogP contribution is 2.57. The molecule has 2 rings (SSSR count). The van der Waals surface area contributed by atoms with Crippen molar-refractivity contribution in [3.63, 3.8) is 0 Å². The first-order valence-corrected chi connectivity index (χ1v) is 6.73. The zero-order valence-corrected chi connectivity index (χ0v) is 9.85. The minimum atomic E-state index is -3.25. The molecule has 0 amide bonds. The minimum absolute atomic E-state index is 0.0268. The largest absolute Gasteiger partial charge is 0.431 e. The first kappa shape index (κ1) is 11.3. The second-order valence-electron chi connectivity index (χ2n) is 3.44. The van der Waals surface area contributed by atoms with Crippen LogP contribution in [0.25, 0.3) is 0 Å². The average molecular weight is 233 g/mol. The van der Waals surface area contributed by atoms with Gasteiger partial charge in [0, 0.05) is 6.42 Å². The van der Waals surface area contributed by atoms with E-state index in [9.17, 15) is 4.57 Å². The monoisotopic (exact) mass is 233 g/mol. The Morgan fingerprint density at radius 2 is 2.07 bits per heavy atom. The molecule has 1 fully saturated rings. The molecule has 5 nitrogen and oxygen atoms in total. The van der Waals surface area contributed by atoms with E-state index < -0.39 is 7.75 Å². The second kappa shape index (κ2) is 4.36. The van der Waals surface area contributed by atoms with Gasteiger partial charge in [0.1, 0.15) is 6.10 Å². The molecule has 2 atom stereocenters.